The van der Waals surface area contributed by atoms with E-state index in [4.69, 9.17) is 0 Å². The average molecular weight is 97.2 g/mol. The molecule has 1 heteroatoms. The van der Waals surface area contributed by atoms with E-state index in [2.05, 4.69) is 25.4 Å². The minimum Gasteiger partial charge on any atom is -0.269 e. The summed E-state index contributed by atoms with van der Waals surface area (Å²) in [5, 5.41) is 0. The zero-order valence-corrected chi connectivity index (χ0v) is 4.89. The van der Waals surface area contributed by atoms with Gasteiger partial charge in [0.1, 0.15) is 0 Å². The van der Waals surface area contributed by atoms with Gasteiger partial charge in [0.15, 0.2) is 0 Å². The Balaban J connectivity index is 3.25. The SMILES string of the molecule is C=CN=CC(C)C. The van der Waals surface area contributed by atoms with Crippen LogP contribution in [0.15, 0.2) is 17.8 Å². The molecule has 0 rings (SSSR count). The highest BCUT2D eigenvalue weighted by Crippen LogP contribution is 1.83. The van der Waals surface area contributed by atoms with E-state index in [0.29, 0.717) is 5.92 Å². The molecule has 40 valence electrons. The molecule has 0 spiro atoms. The van der Waals surface area contributed by atoms with Crippen molar-refractivity contribution in [2.75, 3.05) is 0 Å². The van der Waals surface area contributed by atoms with Crippen molar-refractivity contribution in [2.45, 2.75) is 13.8 Å². The fourth-order valence-corrected chi connectivity index (χ4v) is 0.233. The summed E-state index contributed by atoms with van der Waals surface area (Å²) < 4.78 is 0. The second-order valence-corrected chi connectivity index (χ2v) is 1.72. The van der Waals surface area contributed by atoms with Crippen molar-refractivity contribution in [1.29, 1.82) is 0 Å². The summed E-state index contributed by atoms with van der Waals surface area (Å²) in [5.41, 5.74) is 0. The van der Waals surface area contributed by atoms with Gasteiger partial charge < -0.3 is 0 Å². The second kappa shape index (κ2) is 3.59. The predicted molar refractivity (Wildman–Crippen MR) is 33.5 cm³/mol. The molecule has 0 saturated carbocycles. The van der Waals surface area contributed by atoms with E-state index in [0.717, 1.165) is 0 Å². The molecule has 0 bridgehead atoms. The van der Waals surface area contributed by atoms with Crippen LogP contribution in [0.3, 0.4) is 0 Å². The molecular formula is C6H11N. The highest BCUT2D eigenvalue weighted by Gasteiger charge is 1.78. The summed E-state index contributed by atoms with van der Waals surface area (Å²) in [4.78, 5) is 3.81. The molecule has 0 radical (unpaired) electrons. The normalized spacial score (nSPS) is 10.7. The molecule has 0 saturated heterocycles. The van der Waals surface area contributed by atoms with Crippen LogP contribution in [-0.4, -0.2) is 6.21 Å². The first-order chi connectivity index (χ1) is 3.27. The third kappa shape index (κ3) is 5.41. The molecule has 0 aliphatic carbocycles. The Morgan fingerprint density at radius 2 is 2.14 bits per heavy atom. The van der Waals surface area contributed by atoms with Crippen molar-refractivity contribution >= 4 is 6.21 Å². The molecule has 0 N–H and O–H groups in total. The molecule has 0 aliphatic rings. The van der Waals surface area contributed by atoms with Crippen LogP contribution in [0.1, 0.15) is 13.8 Å². The summed E-state index contributed by atoms with van der Waals surface area (Å²) in [7, 11) is 0. The van der Waals surface area contributed by atoms with Crippen LogP contribution in [0.2, 0.25) is 0 Å². The maximum Gasteiger partial charge on any atom is 0.0192 e. The first-order valence-electron chi connectivity index (χ1n) is 2.41. The van der Waals surface area contributed by atoms with Crippen molar-refractivity contribution in [3.05, 3.63) is 12.8 Å². The van der Waals surface area contributed by atoms with Gasteiger partial charge in [0.25, 0.3) is 0 Å². The summed E-state index contributed by atoms with van der Waals surface area (Å²) >= 11 is 0. The minimum atomic E-state index is 0.540. The van der Waals surface area contributed by atoms with Crippen LogP contribution in [-0.2, 0) is 0 Å². The molecule has 7 heavy (non-hydrogen) atoms. The van der Waals surface area contributed by atoms with E-state index < -0.39 is 0 Å². The lowest BCUT2D eigenvalue weighted by Gasteiger charge is -1.86. The van der Waals surface area contributed by atoms with Crippen molar-refractivity contribution in [2.24, 2.45) is 10.9 Å². The van der Waals surface area contributed by atoms with Gasteiger partial charge in [-0.05, 0) is 5.92 Å². The molecule has 0 aromatic heterocycles. The number of nitrogens with zero attached hydrogens (tertiary/aromatic N) is 1. The Kier molecular flexibility index (Phi) is 3.29. The Morgan fingerprint density at radius 3 is 2.29 bits per heavy atom. The van der Waals surface area contributed by atoms with Crippen LogP contribution >= 0.6 is 0 Å². The summed E-state index contributed by atoms with van der Waals surface area (Å²) in [5.74, 6) is 0.540. The Bertz CT molecular complexity index is 72.2. The highest BCUT2D eigenvalue weighted by molar-refractivity contribution is 5.60. The largest absolute Gasteiger partial charge is 0.269 e. The van der Waals surface area contributed by atoms with E-state index in [1.165, 1.54) is 0 Å². The van der Waals surface area contributed by atoms with Gasteiger partial charge in [-0.1, -0.05) is 20.4 Å². The van der Waals surface area contributed by atoms with Gasteiger partial charge in [-0.2, -0.15) is 0 Å². The Labute approximate surface area is 44.8 Å². The van der Waals surface area contributed by atoms with Gasteiger partial charge in [0.2, 0.25) is 0 Å². The van der Waals surface area contributed by atoms with Gasteiger partial charge in [-0.15, -0.1) is 0 Å². The molecule has 0 fully saturated rings. The Morgan fingerprint density at radius 1 is 1.57 bits per heavy atom. The summed E-state index contributed by atoms with van der Waals surface area (Å²) in [6.07, 6.45) is 3.40. The van der Waals surface area contributed by atoms with E-state index in [9.17, 15) is 0 Å². The summed E-state index contributed by atoms with van der Waals surface area (Å²) in [6, 6.07) is 0. The zero-order chi connectivity index (χ0) is 5.70. The van der Waals surface area contributed by atoms with Crippen molar-refractivity contribution < 1.29 is 0 Å². The van der Waals surface area contributed by atoms with Gasteiger partial charge in [0, 0.05) is 12.4 Å². The van der Waals surface area contributed by atoms with Crippen LogP contribution in [0.25, 0.3) is 0 Å². The molecule has 0 aromatic rings. The van der Waals surface area contributed by atoms with Crippen LogP contribution < -0.4 is 0 Å². The first kappa shape index (κ1) is 6.41. The smallest absolute Gasteiger partial charge is 0.0192 e. The average Bonchev–Trinajstić information content (AvgIpc) is 1.61. The third-order valence-corrected chi connectivity index (χ3v) is 0.490. The zero-order valence-electron chi connectivity index (χ0n) is 4.89. The van der Waals surface area contributed by atoms with E-state index in [1.807, 2.05) is 6.21 Å². The maximum absolute atomic E-state index is 3.81. The quantitative estimate of drug-likeness (QED) is 0.466. The topological polar surface area (TPSA) is 12.4 Å². The first-order valence-corrected chi connectivity index (χ1v) is 2.41. The molecule has 0 heterocycles. The second-order valence-electron chi connectivity index (χ2n) is 1.72. The predicted octanol–water partition coefficient (Wildman–Crippen LogP) is 1.86. The molecule has 0 amide bonds. The van der Waals surface area contributed by atoms with E-state index in [1.54, 1.807) is 6.20 Å². The number of hydrogen-bond acceptors (Lipinski definition) is 1. The van der Waals surface area contributed by atoms with Crippen molar-refractivity contribution in [1.82, 2.24) is 0 Å². The lowest BCUT2D eigenvalue weighted by Crippen LogP contribution is -1.83. The number of rotatable bonds is 2. The fourth-order valence-electron chi connectivity index (χ4n) is 0.233. The molecular weight excluding hydrogens is 86.1 g/mol. The number of aliphatic imine (C=N–C) groups is 1. The molecule has 0 atom stereocenters. The standard InChI is InChI=1S/C6H11N/c1-4-7-5-6(2)3/h4-6H,1H2,2-3H3. The van der Waals surface area contributed by atoms with E-state index >= 15 is 0 Å². The van der Waals surface area contributed by atoms with Crippen LogP contribution in [0, 0.1) is 5.92 Å². The van der Waals surface area contributed by atoms with Crippen molar-refractivity contribution in [3.63, 3.8) is 0 Å². The fraction of sp³-hybridized carbons (Fsp3) is 0.500. The van der Waals surface area contributed by atoms with Crippen LogP contribution in [0.5, 0.6) is 0 Å². The lowest BCUT2D eigenvalue weighted by atomic mass is 10.3. The van der Waals surface area contributed by atoms with Gasteiger partial charge >= 0.3 is 0 Å². The van der Waals surface area contributed by atoms with Gasteiger partial charge in [0.05, 0.1) is 0 Å². The van der Waals surface area contributed by atoms with E-state index in [-0.39, 0.29) is 0 Å². The maximum atomic E-state index is 3.81. The van der Waals surface area contributed by atoms with Gasteiger partial charge in [-0.25, -0.2) is 0 Å². The highest BCUT2D eigenvalue weighted by atomic mass is 14.7. The molecule has 0 unspecified atom stereocenters. The van der Waals surface area contributed by atoms with Gasteiger partial charge in [-0.3, -0.25) is 4.99 Å². The van der Waals surface area contributed by atoms with Crippen molar-refractivity contribution in [3.8, 4) is 0 Å². The molecule has 1 nitrogen and oxygen atoms in total. The summed E-state index contributed by atoms with van der Waals surface area (Å²) in [6.45, 7) is 7.59. The lowest BCUT2D eigenvalue weighted by molar-refractivity contribution is 0.907. The van der Waals surface area contributed by atoms with Crippen LogP contribution in [0.4, 0.5) is 0 Å². The number of hydrogen-bond donors (Lipinski definition) is 0. The Hall–Kier alpha value is -0.590. The minimum absolute atomic E-state index is 0.540. The molecule has 0 aromatic carbocycles. The molecule has 0 aliphatic heterocycles. The third-order valence-electron chi connectivity index (χ3n) is 0.490. The monoisotopic (exact) mass is 97.1 g/mol.